The molecule has 0 aromatic carbocycles. The topological polar surface area (TPSA) is 92.7 Å². The van der Waals surface area contributed by atoms with Crippen molar-refractivity contribution in [2.75, 3.05) is 6.54 Å². The maximum Gasteiger partial charge on any atom is 0.322 e. The summed E-state index contributed by atoms with van der Waals surface area (Å²) in [4.78, 5) is 34.3. The molecule has 0 spiro atoms. The van der Waals surface area contributed by atoms with E-state index in [1.807, 2.05) is 0 Å². The molecule has 0 saturated carbocycles. The van der Waals surface area contributed by atoms with Crippen LogP contribution in [0.4, 0.5) is 0 Å². The van der Waals surface area contributed by atoms with Gasteiger partial charge in [0.25, 0.3) is 0 Å². The lowest BCUT2D eigenvalue weighted by Crippen LogP contribution is -2.28. The number of ether oxygens (including phenoxy) is 1. The van der Waals surface area contributed by atoms with Gasteiger partial charge in [0, 0.05) is 12.8 Å². The third-order valence-corrected chi connectivity index (χ3v) is 7.30. The SMILES string of the molecule is CCCCCCC/C=C\C/C=C\C/C=C\CCCCCCCCC(=O)OC(CCC)CCCCCC(=O)NCC(=O)O. The van der Waals surface area contributed by atoms with Crippen LogP contribution in [0.5, 0.6) is 0 Å². The van der Waals surface area contributed by atoms with Crippen molar-refractivity contribution < 1.29 is 24.2 Å². The van der Waals surface area contributed by atoms with Crippen molar-refractivity contribution in [3.63, 3.8) is 0 Å². The molecule has 0 radical (unpaired) electrons. The Balaban J connectivity index is 3.65. The van der Waals surface area contributed by atoms with Crippen molar-refractivity contribution in [3.05, 3.63) is 36.5 Å². The largest absolute Gasteiger partial charge is 0.480 e. The van der Waals surface area contributed by atoms with E-state index in [0.29, 0.717) is 19.3 Å². The summed E-state index contributed by atoms with van der Waals surface area (Å²) in [5, 5.41) is 11.0. The average Bonchev–Trinajstić information content (AvgIpc) is 2.96. The second-order valence-electron chi connectivity index (χ2n) is 11.4. The van der Waals surface area contributed by atoms with Gasteiger partial charge in [0.15, 0.2) is 0 Å². The fourth-order valence-corrected chi connectivity index (χ4v) is 4.81. The number of carbonyl (C=O) groups is 3. The van der Waals surface area contributed by atoms with E-state index in [-0.39, 0.29) is 24.5 Å². The summed E-state index contributed by atoms with van der Waals surface area (Å²) in [7, 11) is 0. The predicted octanol–water partition coefficient (Wildman–Crippen LogP) is 9.78. The van der Waals surface area contributed by atoms with Crippen molar-refractivity contribution in [1.29, 1.82) is 0 Å². The zero-order chi connectivity index (χ0) is 30.9. The summed E-state index contributed by atoms with van der Waals surface area (Å²) in [6.07, 6.45) is 37.6. The van der Waals surface area contributed by atoms with Gasteiger partial charge in [0.1, 0.15) is 12.6 Å². The highest BCUT2D eigenvalue weighted by Gasteiger charge is 2.13. The molecule has 0 aliphatic heterocycles. The molecule has 0 aromatic rings. The second-order valence-corrected chi connectivity index (χ2v) is 11.4. The van der Waals surface area contributed by atoms with Crippen LogP contribution in [0.3, 0.4) is 0 Å². The van der Waals surface area contributed by atoms with Gasteiger partial charge in [-0.05, 0) is 70.6 Å². The number of carboxylic acids is 1. The van der Waals surface area contributed by atoms with Crippen LogP contribution in [0.25, 0.3) is 0 Å². The van der Waals surface area contributed by atoms with E-state index >= 15 is 0 Å². The fourth-order valence-electron chi connectivity index (χ4n) is 4.81. The molecule has 1 unspecified atom stereocenters. The normalized spacial score (nSPS) is 12.4. The summed E-state index contributed by atoms with van der Waals surface area (Å²) >= 11 is 0. The summed E-state index contributed by atoms with van der Waals surface area (Å²) < 4.78 is 5.73. The summed E-state index contributed by atoms with van der Waals surface area (Å²) in [6.45, 7) is 4.02. The smallest absolute Gasteiger partial charge is 0.322 e. The van der Waals surface area contributed by atoms with Crippen LogP contribution >= 0.6 is 0 Å². The Hall–Kier alpha value is -2.37. The molecule has 1 atom stereocenters. The molecule has 0 aliphatic rings. The van der Waals surface area contributed by atoms with E-state index in [1.54, 1.807) is 0 Å². The van der Waals surface area contributed by atoms with Gasteiger partial charge in [-0.3, -0.25) is 14.4 Å². The molecule has 0 rings (SSSR count). The Kier molecular flexibility index (Phi) is 29.8. The number of esters is 1. The number of hydrogen-bond acceptors (Lipinski definition) is 4. The summed E-state index contributed by atoms with van der Waals surface area (Å²) in [6, 6.07) is 0. The molecule has 1 amide bonds. The first-order chi connectivity index (χ1) is 20.5. The van der Waals surface area contributed by atoms with Crippen LogP contribution in [-0.2, 0) is 19.1 Å². The average molecular weight is 590 g/mol. The first-order valence-electron chi connectivity index (χ1n) is 17.1. The monoisotopic (exact) mass is 589 g/mol. The standard InChI is InChI=1S/C36H63NO5/c1-3-5-6-7-8-9-10-11-12-13-14-15-16-17-18-19-20-21-22-23-27-31-36(41)42-33(28-4-2)29-25-24-26-30-34(38)37-32-35(39)40/h10-11,13-14,16-17,33H,3-9,12,15,18-32H2,1-2H3,(H,37,38)(H,39,40)/b11-10-,14-13-,17-16-. The third-order valence-electron chi connectivity index (χ3n) is 7.30. The number of carboxylic acid groups (broad SMARTS) is 1. The highest BCUT2D eigenvalue weighted by atomic mass is 16.5. The highest BCUT2D eigenvalue weighted by Crippen LogP contribution is 2.16. The lowest BCUT2D eigenvalue weighted by molar-refractivity contribution is -0.150. The number of nitrogens with one attached hydrogen (secondary N) is 1. The molecule has 6 nitrogen and oxygen atoms in total. The number of rotatable bonds is 30. The number of allylic oxidation sites excluding steroid dienone is 6. The van der Waals surface area contributed by atoms with Crippen molar-refractivity contribution >= 4 is 17.8 Å². The van der Waals surface area contributed by atoms with Gasteiger partial charge < -0.3 is 15.2 Å². The van der Waals surface area contributed by atoms with E-state index in [1.165, 1.54) is 64.2 Å². The van der Waals surface area contributed by atoms with Gasteiger partial charge in [-0.2, -0.15) is 0 Å². The molecule has 242 valence electrons. The molecular formula is C36H63NO5. The lowest BCUT2D eigenvalue weighted by atomic mass is 10.0. The van der Waals surface area contributed by atoms with Crippen LogP contribution in [-0.4, -0.2) is 35.6 Å². The molecule has 2 N–H and O–H groups in total. The first kappa shape index (κ1) is 39.6. The number of amides is 1. The third kappa shape index (κ3) is 30.6. The van der Waals surface area contributed by atoms with Gasteiger partial charge in [-0.25, -0.2) is 0 Å². The molecule has 0 aliphatic carbocycles. The van der Waals surface area contributed by atoms with Crippen LogP contribution in [0.2, 0.25) is 0 Å². The molecule has 0 fully saturated rings. The number of carbonyl (C=O) groups excluding carboxylic acids is 2. The maximum absolute atomic E-state index is 12.3. The molecule has 0 heterocycles. The van der Waals surface area contributed by atoms with E-state index in [2.05, 4.69) is 55.6 Å². The zero-order valence-corrected chi connectivity index (χ0v) is 27.1. The van der Waals surface area contributed by atoms with Crippen LogP contribution < -0.4 is 5.32 Å². The van der Waals surface area contributed by atoms with E-state index in [0.717, 1.165) is 64.2 Å². The highest BCUT2D eigenvalue weighted by molar-refractivity contribution is 5.80. The molecular weight excluding hydrogens is 526 g/mol. The van der Waals surface area contributed by atoms with Crippen molar-refractivity contribution in [3.8, 4) is 0 Å². The second kappa shape index (κ2) is 31.6. The van der Waals surface area contributed by atoms with Crippen LogP contribution in [0.15, 0.2) is 36.5 Å². The van der Waals surface area contributed by atoms with Gasteiger partial charge in [-0.1, -0.05) is 115 Å². The molecule has 0 aromatic heterocycles. The zero-order valence-electron chi connectivity index (χ0n) is 27.1. The summed E-state index contributed by atoms with van der Waals surface area (Å²) in [5.41, 5.74) is 0. The van der Waals surface area contributed by atoms with E-state index < -0.39 is 5.97 Å². The minimum atomic E-state index is -1.03. The Bertz CT molecular complexity index is 743. The predicted molar refractivity (Wildman–Crippen MR) is 175 cm³/mol. The fraction of sp³-hybridized carbons (Fsp3) is 0.750. The minimum Gasteiger partial charge on any atom is -0.480 e. The van der Waals surface area contributed by atoms with E-state index in [4.69, 9.17) is 9.84 Å². The Morgan fingerprint density at radius 1 is 0.619 bits per heavy atom. The van der Waals surface area contributed by atoms with Crippen LogP contribution in [0, 0.1) is 0 Å². The van der Waals surface area contributed by atoms with Crippen molar-refractivity contribution in [2.24, 2.45) is 0 Å². The summed E-state index contributed by atoms with van der Waals surface area (Å²) in [5.74, 6) is -1.35. The first-order valence-corrected chi connectivity index (χ1v) is 17.1. The van der Waals surface area contributed by atoms with Crippen molar-refractivity contribution in [2.45, 2.75) is 168 Å². The number of unbranched alkanes of at least 4 members (excludes halogenated alkanes) is 13. The van der Waals surface area contributed by atoms with Gasteiger partial charge in [0.2, 0.25) is 5.91 Å². The molecule has 0 saturated heterocycles. The van der Waals surface area contributed by atoms with Crippen molar-refractivity contribution in [1.82, 2.24) is 5.32 Å². The van der Waals surface area contributed by atoms with E-state index in [9.17, 15) is 14.4 Å². The quantitative estimate of drug-likeness (QED) is 0.0494. The Morgan fingerprint density at radius 3 is 1.74 bits per heavy atom. The van der Waals surface area contributed by atoms with Gasteiger partial charge in [0.05, 0.1) is 0 Å². The molecule has 6 heteroatoms. The van der Waals surface area contributed by atoms with Gasteiger partial charge in [-0.15, -0.1) is 0 Å². The number of hydrogen-bond donors (Lipinski definition) is 2. The molecule has 42 heavy (non-hydrogen) atoms. The minimum absolute atomic E-state index is 0.0429. The number of aliphatic carboxylic acids is 1. The Labute approximate surface area is 257 Å². The Morgan fingerprint density at radius 2 is 1.14 bits per heavy atom. The van der Waals surface area contributed by atoms with Crippen LogP contribution in [0.1, 0.15) is 162 Å². The molecule has 0 bridgehead atoms. The maximum atomic E-state index is 12.3. The van der Waals surface area contributed by atoms with Gasteiger partial charge >= 0.3 is 11.9 Å². The lowest BCUT2D eigenvalue weighted by Gasteiger charge is -2.17.